The number of anilines is 1. The standard InChI is InChI=1S/C25H29N5O4/c1-32-19-8-5-9-20(33-2)22(19)25(31)30-14-12-29(13-15-30)21-11-10-18(16-26-21)23-27-24(34-28-23)17-6-3-4-7-17/h5,8-11,16-17H,3-4,6-7,12-15H2,1-2H3. The van der Waals surface area contributed by atoms with Gasteiger partial charge in [-0.05, 0) is 37.1 Å². The molecule has 0 atom stereocenters. The molecule has 2 fully saturated rings. The first-order chi connectivity index (χ1) is 16.7. The van der Waals surface area contributed by atoms with Crippen LogP contribution in [-0.4, -0.2) is 66.3 Å². The number of carbonyl (C=O) groups excluding carboxylic acids is 1. The molecule has 178 valence electrons. The fraction of sp³-hybridized carbons (Fsp3) is 0.440. The molecular weight excluding hydrogens is 434 g/mol. The molecule has 5 rings (SSSR count). The highest BCUT2D eigenvalue weighted by molar-refractivity contribution is 5.99. The van der Waals surface area contributed by atoms with Crippen molar-refractivity contribution in [1.82, 2.24) is 20.0 Å². The van der Waals surface area contributed by atoms with E-state index in [1.165, 1.54) is 12.8 Å². The molecule has 0 bridgehead atoms. The second-order valence-electron chi connectivity index (χ2n) is 8.66. The number of methoxy groups -OCH3 is 2. The lowest BCUT2D eigenvalue weighted by atomic mass is 10.1. The Balaban J connectivity index is 1.23. The number of amides is 1. The maximum absolute atomic E-state index is 13.2. The largest absolute Gasteiger partial charge is 0.496 e. The molecule has 1 saturated heterocycles. The summed E-state index contributed by atoms with van der Waals surface area (Å²) in [5.74, 6) is 3.52. The highest BCUT2D eigenvalue weighted by Gasteiger charge is 2.28. The molecule has 2 aromatic heterocycles. The maximum atomic E-state index is 13.2. The van der Waals surface area contributed by atoms with Crippen molar-refractivity contribution in [3.63, 3.8) is 0 Å². The van der Waals surface area contributed by atoms with Gasteiger partial charge in [0.15, 0.2) is 0 Å². The van der Waals surface area contributed by atoms with E-state index in [-0.39, 0.29) is 5.91 Å². The highest BCUT2D eigenvalue weighted by Crippen LogP contribution is 2.34. The van der Waals surface area contributed by atoms with Gasteiger partial charge in [0.05, 0.1) is 14.2 Å². The predicted octanol–water partition coefficient (Wildman–Crippen LogP) is 3.77. The average Bonchev–Trinajstić information content (AvgIpc) is 3.60. The van der Waals surface area contributed by atoms with Gasteiger partial charge < -0.3 is 23.8 Å². The van der Waals surface area contributed by atoms with Crippen LogP contribution < -0.4 is 14.4 Å². The third-order valence-electron chi connectivity index (χ3n) is 6.68. The van der Waals surface area contributed by atoms with Crippen molar-refractivity contribution in [3.8, 4) is 22.9 Å². The van der Waals surface area contributed by atoms with Crippen molar-refractivity contribution in [2.75, 3.05) is 45.3 Å². The molecule has 9 heteroatoms. The van der Waals surface area contributed by atoms with E-state index in [4.69, 9.17) is 14.0 Å². The molecule has 2 aliphatic rings. The summed E-state index contributed by atoms with van der Waals surface area (Å²) in [7, 11) is 3.12. The summed E-state index contributed by atoms with van der Waals surface area (Å²) in [6.45, 7) is 2.53. The minimum absolute atomic E-state index is 0.0903. The normalized spacial score (nSPS) is 16.6. The number of carbonyl (C=O) groups is 1. The molecule has 0 radical (unpaired) electrons. The first kappa shape index (κ1) is 22.2. The van der Waals surface area contributed by atoms with Crippen LogP contribution in [0.4, 0.5) is 5.82 Å². The highest BCUT2D eigenvalue weighted by atomic mass is 16.5. The number of piperazine rings is 1. The molecule has 9 nitrogen and oxygen atoms in total. The number of hydrogen-bond acceptors (Lipinski definition) is 8. The van der Waals surface area contributed by atoms with Crippen LogP contribution >= 0.6 is 0 Å². The molecule has 0 N–H and O–H groups in total. The van der Waals surface area contributed by atoms with Crippen LogP contribution in [0.2, 0.25) is 0 Å². The van der Waals surface area contributed by atoms with E-state index in [2.05, 4.69) is 20.0 Å². The smallest absolute Gasteiger partial charge is 0.261 e. The number of hydrogen-bond donors (Lipinski definition) is 0. The minimum Gasteiger partial charge on any atom is -0.496 e. The van der Waals surface area contributed by atoms with E-state index < -0.39 is 0 Å². The van der Waals surface area contributed by atoms with Crippen LogP contribution in [0.15, 0.2) is 41.1 Å². The Kier molecular flexibility index (Phi) is 6.33. The fourth-order valence-corrected chi connectivity index (χ4v) is 4.76. The van der Waals surface area contributed by atoms with Gasteiger partial charge in [0, 0.05) is 43.9 Å². The number of rotatable bonds is 6. The molecule has 1 aromatic carbocycles. The SMILES string of the molecule is COc1cccc(OC)c1C(=O)N1CCN(c2ccc(-c3noc(C4CCCC4)n3)cn2)CC1. The lowest BCUT2D eigenvalue weighted by Crippen LogP contribution is -2.49. The lowest BCUT2D eigenvalue weighted by molar-refractivity contribution is 0.0739. The van der Waals surface area contributed by atoms with Gasteiger partial charge in [0.2, 0.25) is 11.7 Å². The fourth-order valence-electron chi connectivity index (χ4n) is 4.76. The summed E-state index contributed by atoms with van der Waals surface area (Å²) >= 11 is 0. The predicted molar refractivity (Wildman–Crippen MR) is 126 cm³/mol. The number of ether oxygens (including phenoxy) is 2. The van der Waals surface area contributed by atoms with E-state index in [0.29, 0.717) is 55.0 Å². The topological polar surface area (TPSA) is 93.8 Å². The van der Waals surface area contributed by atoms with Gasteiger partial charge in [0.1, 0.15) is 22.9 Å². The van der Waals surface area contributed by atoms with Gasteiger partial charge in [-0.25, -0.2) is 4.98 Å². The van der Waals surface area contributed by atoms with Crippen molar-refractivity contribution in [1.29, 1.82) is 0 Å². The van der Waals surface area contributed by atoms with Crippen molar-refractivity contribution >= 4 is 11.7 Å². The first-order valence-corrected chi connectivity index (χ1v) is 11.7. The van der Waals surface area contributed by atoms with E-state index in [1.807, 2.05) is 23.1 Å². The molecule has 34 heavy (non-hydrogen) atoms. The van der Waals surface area contributed by atoms with Gasteiger partial charge in [-0.1, -0.05) is 24.1 Å². The zero-order chi connectivity index (χ0) is 23.5. The Morgan fingerprint density at radius 3 is 2.32 bits per heavy atom. The molecule has 1 saturated carbocycles. The third-order valence-corrected chi connectivity index (χ3v) is 6.68. The summed E-state index contributed by atoms with van der Waals surface area (Å²) in [6, 6.07) is 9.31. The van der Waals surface area contributed by atoms with Gasteiger partial charge in [0.25, 0.3) is 5.91 Å². The van der Waals surface area contributed by atoms with Crippen LogP contribution in [0.1, 0.15) is 47.8 Å². The Morgan fingerprint density at radius 1 is 1.00 bits per heavy atom. The Bertz CT molecular complexity index is 1110. The number of benzene rings is 1. The summed E-state index contributed by atoms with van der Waals surface area (Å²) in [4.78, 5) is 26.4. The van der Waals surface area contributed by atoms with Crippen molar-refractivity contribution in [2.24, 2.45) is 0 Å². The molecule has 0 unspecified atom stereocenters. The maximum Gasteiger partial charge on any atom is 0.261 e. The van der Waals surface area contributed by atoms with Crippen LogP contribution in [-0.2, 0) is 0 Å². The third kappa shape index (κ3) is 4.30. The van der Waals surface area contributed by atoms with Crippen molar-refractivity contribution < 1.29 is 18.8 Å². The van der Waals surface area contributed by atoms with Crippen molar-refractivity contribution in [3.05, 3.63) is 48.0 Å². The van der Waals surface area contributed by atoms with Gasteiger partial charge in [-0.15, -0.1) is 0 Å². The lowest BCUT2D eigenvalue weighted by Gasteiger charge is -2.35. The van der Waals surface area contributed by atoms with Crippen LogP contribution in [0.3, 0.4) is 0 Å². The molecular formula is C25H29N5O4. The van der Waals surface area contributed by atoms with Gasteiger partial charge in [-0.2, -0.15) is 4.98 Å². The molecule has 3 heterocycles. The average molecular weight is 464 g/mol. The summed E-state index contributed by atoms with van der Waals surface area (Å²) in [6.07, 6.45) is 6.48. The summed E-state index contributed by atoms with van der Waals surface area (Å²) in [5.41, 5.74) is 1.30. The summed E-state index contributed by atoms with van der Waals surface area (Å²) in [5, 5.41) is 4.16. The minimum atomic E-state index is -0.0903. The number of nitrogens with zero attached hydrogens (tertiary/aromatic N) is 5. The van der Waals surface area contributed by atoms with E-state index in [0.717, 1.165) is 30.1 Å². The van der Waals surface area contributed by atoms with Crippen LogP contribution in [0.5, 0.6) is 11.5 Å². The molecule has 1 aliphatic carbocycles. The Labute approximate surface area is 198 Å². The zero-order valence-electron chi connectivity index (χ0n) is 19.6. The van der Waals surface area contributed by atoms with Crippen LogP contribution in [0.25, 0.3) is 11.4 Å². The van der Waals surface area contributed by atoms with E-state index in [9.17, 15) is 4.79 Å². The zero-order valence-corrected chi connectivity index (χ0v) is 19.6. The quantitative estimate of drug-likeness (QED) is 0.545. The second-order valence-corrected chi connectivity index (χ2v) is 8.66. The Morgan fingerprint density at radius 2 is 1.71 bits per heavy atom. The molecule has 1 amide bonds. The molecule has 0 spiro atoms. The van der Waals surface area contributed by atoms with Crippen molar-refractivity contribution in [2.45, 2.75) is 31.6 Å². The monoisotopic (exact) mass is 463 g/mol. The molecule has 3 aromatic rings. The van der Waals surface area contributed by atoms with Gasteiger partial charge >= 0.3 is 0 Å². The second kappa shape index (κ2) is 9.70. The summed E-state index contributed by atoms with van der Waals surface area (Å²) < 4.78 is 16.3. The van der Waals surface area contributed by atoms with E-state index in [1.54, 1.807) is 32.5 Å². The first-order valence-electron chi connectivity index (χ1n) is 11.7. The Hall–Kier alpha value is -3.62. The van der Waals surface area contributed by atoms with E-state index >= 15 is 0 Å². The molecule has 1 aliphatic heterocycles. The number of pyridine rings is 1. The van der Waals surface area contributed by atoms with Crippen LogP contribution in [0, 0.1) is 0 Å². The van der Waals surface area contributed by atoms with Gasteiger partial charge in [-0.3, -0.25) is 4.79 Å². The number of aromatic nitrogens is 3.